The Hall–Kier alpha value is -2.54. The van der Waals surface area contributed by atoms with Gasteiger partial charge in [0.05, 0.1) is 37.2 Å². The van der Waals surface area contributed by atoms with Gasteiger partial charge in [0.25, 0.3) is 0 Å². The molecule has 3 aliphatic rings. The summed E-state index contributed by atoms with van der Waals surface area (Å²) >= 11 is 6.39. The van der Waals surface area contributed by atoms with Crippen molar-refractivity contribution >= 4 is 23.3 Å². The Labute approximate surface area is 243 Å². The molecule has 1 unspecified atom stereocenters. The van der Waals surface area contributed by atoms with Gasteiger partial charge in [0, 0.05) is 23.5 Å². The summed E-state index contributed by atoms with van der Waals surface area (Å²) in [6.45, 7) is 12.2. The van der Waals surface area contributed by atoms with Crippen LogP contribution in [0.15, 0.2) is 49.1 Å². The van der Waals surface area contributed by atoms with Crippen molar-refractivity contribution in [2.75, 3.05) is 37.8 Å². The number of nitrogens with zero attached hydrogens (tertiary/aromatic N) is 1. The van der Waals surface area contributed by atoms with Crippen LogP contribution in [0.2, 0.25) is 5.02 Å². The summed E-state index contributed by atoms with van der Waals surface area (Å²) in [5.41, 5.74) is 3.23. The smallest absolute Gasteiger partial charge is 0.338 e. The lowest BCUT2D eigenvalue weighted by Crippen LogP contribution is -2.50. The van der Waals surface area contributed by atoms with Gasteiger partial charge < -0.3 is 24.2 Å². The highest BCUT2D eigenvalue weighted by atomic mass is 35.5. The molecule has 2 aromatic rings. The average Bonchev–Trinajstić information content (AvgIpc) is 3.03. The summed E-state index contributed by atoms with van der Waals surface area (Å²) in [6, 6.07) is 11.9. The molecule has 0 aromatic heterocycles. The minimum atomic E-state index is -0.583. The zero-order chi connectivity index (χ0) is 28.5. The fraction of sp³-hybridized carbons (Fsp3) is 0.545. The van der Waals surface area contributed by atoms with Crippen LogP contribution in [-0.4, -0.2) is 55.7 Å². The molecule has 2 aliphatic carbocycles. The second-order valence-corrected chi connectivity index (χ2v) is 13.1. The predicted molar refractivity (Wildman–Crippen MR) is 159 cm³/mol. The van der Waals surface area contributed by atoms with Crippen LogP contribution in [0.5, 0.6) is 5.75 Å². The number of anilines is 1. The van der Waals surface area contributed by atoms with E-state index in [-0.39, 0.29) is 17.3 Å². The molecule has 1 heterocycles. The number of carbonyl (C=O) groups is 1. The minimum absolute atomic E-state index is 0.167. The van der Waals surface area contributed by atoms with E-state index in [9.17, 15) is 9.90 Å². The van der Waals surface area contributed by atoms with Crippen molar-refractivity contribution in [1.82, 2.24) is 0 Å². The summed E-state index contributed by atoms with van der Waals surface area (Å²) in [6.07, 6.45) is 6.30. The molecule has 4 atom stereocenters. The lowest BCUT2D eigenvalue weighted by Gasteiger charge is -2.45. The molecule has 1 N–H and O–H groups in total. The van der Waals surface area contributed by atoms with Gasteiger partial charge in [-0.2, -0.15) is 0 Å². The van der Waals surface area contributed by atoms with Crippen molar-refractivity contribution in [3.63, 3.8) is 0 Å². The minimum Gasteiger partial charge on any atom is -0.490 e. The molecular weight excluding hydrogens is 526 g/mol. The lowest BCUT2D eigenvalue weighted by atomic mass is 9.68. The number of aliphatic hydroxyl groups is 1. The number of halogens is 1. The van der Waals surface area contributed by atoms with Gasteiger partial charge in [0.2, 0.25) is 0 Å². The number of hydrogen-bond donors (Lipinski definition) is 1. The van der Waals surface area contributed by atoms with E-state index in [0.29, 0.717) is 31.3 Å². The zero-order valence-corrected chi connectivity index (χ0v) is 24.7. The lowest BCUT2D eigenvalue weighted by molar-refractivity contribution is -0.0367. The van der Waals surface area contributed by atoms with E-state index in [1.165, 1.54) is 11.1 Å². The predicted octanol–water partition coefficient (Wildman–Crippen LogP) is 6.36. The van der Waals surface area contributed by atoms with Crippen molar-refractivity contribution in [1.29, 1.82) is 0 Å². The van der Waals surface area contributed by atoms with Crippen LogP contribution in [0.25, 0.3) is 0 Å². The quantitative estimate of drug-likeness (QED) is 0.227. The Balaban J connectivity index is 1.47. The van der Waals surface area contributed by atoms with Crippen LogP contribution in [0.3, 0.4) is 0 Å². The number of hydrogen-bond acceptors (Lipinski definition) is 6. The van der Waals surface area contributed by atoms with E-state index in [1.54, 1.807) is 12.1 Å². The number of esters is 1. The van der Waals surface area contributed by atoms with Gasteiger partial charge >= 0.3 is 5.97 Å². The molecule has 6 nitrogen and oxygen atoms in total. The molecule has 1 fully saturated rings. The number of fused-ring (bicyclic) bond motifs is 3. The van der Waals surface area contributed by atoms with Crippen LogP contribution < -0.4 is 9.64 Å². The SMILES string of the molecule is C=CCOC[C@@H](O)[C@@H]1CC[C@H]1CN1CC2(CCCc3cc(Cl)ccc32)COc2ccc(C(=O)OC(C)(C)C)cc21. The Kier molecular flexibility index (Phi) is 8.51. The Morgan fingerprint density at radius 3 is 2.83 bits per heavy atom. The third-order valence-electron chi connectivity index (χ3n) is 8.62. The van der Waals surface area contributed by atoms with Crippen molar-refractivity contribution in [2.45, 2.75) is 70.0 Å². The number of benzene rings is 2. The molecule has 5 rings (SSSR count). The van der Waals surface area contributed by atoms with Gasteiger partial charge in [-0.3, -0.25) is 0 Å². The molecule has 0 saturated heterocycles. The third-order valence-corrected chi connectivity index (χ3v) is 8.86. The van der Waals surface area contributed by atoms with Gasteiger partial charge in [-0.05, 0) is 106 Å². The standard InChI is InChI=1S/C33H42ClNO5/c1-5-15-38-19-29(36)26-11-8-24(26)18-35-20-33(14-6-7-22-16-25(34)10-12-27(22)33)21-39-30-13-9-23(17-28(30)35)31(37)40-32(2,3)4/h5,9-10,12-13,16-17,24,26,29,36H,1,6-8,11,14-15,18-21H2,2-4H3/t24-,26+,29+,33?/m0/s1. The molecule has 0 radical (unpaired) electrons. The number of aryl methyl sites for hydroxylation is 1. The highest BCUT2D eigenvalue weighted by molar-refractivity contribution is 6.30. The fourth-order valence-electron chi connectivity index (χ4n) is 6.58. The molecule has 0 bridgehead atoms. The van der Waals surface area contributed by atoms with E-state index in [2.05, 4.69) is 23.6 Å². The van der Waals surface area contributed by atoms with Crippen LogP contribution in [0.4, 0.5) is 5.69 Å². The van der Waals surface area contributed by atoms with Crippen LogP contribution in [-0.2, 0) is 21.3 Å². The average molecular weight is 568 g/mol. The Bertz CT molecular complexity index is 1240. The number of ether oxygens (including phenoxy) is 3. The first-order chi connectivity index (χ1) is 19.1. The van der Waals surface area contributed by atoms with Crippen LogP contribution in [0.1, 0.15) is 67.9 Å². The molecule has 40 heavy (non-hydrogen) atoms. The molecule has 216 valence electrons. The molecular formula is C33H42ClNO5. The highest BCUT2D eigenvalue weighted by Gasteiger charge is 2.44. The van der Waals surface area contributed by atoms with Crippen LogP contribution >= 0.6 is 11.6 Å². The summed E-state index contributed by atoms with van der Waals surface area (Å²) in [5, 5.41) is 11.7. The monoisotopic (exact) mass is 567 g/mol. The van der Waals surface area contributed by atoms with Gasteiger partial charge in [-0.1, -0.05) is 23.7 Å². The maximum Gasteiger partial charge on any atom is 0.338 e. The molecule has 1 saturated carbocycles. The van der Waals surface area contributed by atoms with E-state index >= 15 is 0 Å². The number of rotatable bonds is 8. The number of aliphatic hydroxyl groups excluding tert-OH is 1. The van der Waals surface area contributed by atoms with Crippen molar-refractivity contribution in [2.24, 2.45) is 11.8 Å². The van der Waals surface area contributed by atoms with E-state index < -0.39 is 11.7 Å². The summed E-state index contributed by atoms with van der Waals surface area (Å²) in [4.78, 5) is 15.4. The van der Waals surface area contributed by atoms with Crippen molar-refractivity contribution < 1.29 is 24.1 Å². The Morgan fingerprint density at radius 2 is 2.10 bits per heavy atom. The zero-order valence-electron chi connectivity index (χ0n) is 24.0. The first kappa shape index (κ1) is 29.0. The molecule has 1 spiro atoms. The molecule has 0 amide bonds. The summed E-state index contributed by atoms with van der Waals surface area (Å²) < 4.78 is 17.8. The third kappa shape index (κ3) is 6.19. The maximum absolute atomic E-state index is 13.0. The van der Waals surface area contributed by atoms with Crippen molar-refractivity contribution in [3.8, 4) is 5.75 Å². The topological polar surface area (TPSA) is 68.2 Å². The van der Waals surface area contributed by atoms with Gasteiger partial charge in [-0.15, -0.1) is 6.58 Å². The summed E-state index contributed by atoms with van der Waals surface area (Å²) in [7, 11) is 0. The second-order valence-electron chi connectivity index (χ2n) is 12.7. The highest BCUT2D eigenvalue weighted by Crippen LogP contribution is 2.46. The van der Waals surface area contributed by atoms with Gasteiger partial charge in [0.15, 0.2) is 0 Å². The fourth-order valence-corrected chi connectivity index (χ4v) is 6.78. The van der Waals surface area contributed by atoms with Gasteiger partial charge in [0.1, 0.15) is 11.4 Å². The van der Waals surface area contributed by atoms with E-state index in [4.69, 9.17) is 25.8 Å². The molecule has 2 aromatic carbocycles. The largest absolute Gasteiger partial charge is 0.490 e. The summed E-state index contributed by atoms with van der Waals surface area (Å²) in [5.74, 6) is 0.905. The molecule has 1 aliphatic heterocycles. The molecule has 7 heteroatoms. The first-order valence-electron chi connectivity index (χ1n) is 14.5. The number of carbonyl (C=O) groups excluding carboxylic acids is 1. The maximum atomic E-state index is 13.0. The normalized spacial score (nSPS) is 24.7. The van der Waals surface area contributed by atoms with Crippen molar-refractivity contribution in [3.05, 3.63) is 70.8 Å². The van der Waals surface area contributed by atoms with Crippen LogP contribution in [0, 0.1) is 11.8 Å². The van der Waals surface area contributed by atoms with E-state index in [0.717, 1.165) is 61.7 Å². The Morgan fingerprint density at radius 1 is 1.27 bits per heavy atom. The van der Waals surface area contributed by atoms with Gasteiger partial charge in [-0.25, -0.2) is 4.79 Å². The second kappa shape index (κ2) is 11.8. The van der Waals surface area contributed by atoms with E-state index in [1.807, 2.05) is 39.0 Å². The first-order valence-corrected chi connectivity index (χ1v) is 14.9.